The van der Waals surface area contributed by atoms with E-state index < -0.39 is 35.2 Å². The van der Waals surface area contributed by atoms with E-state index in [1.807, 2.05) is 0 Å². The number of fused-ring (bicyclic) bond motifs is 4. The molecule has 0 saturated carbocycles. The summed E-state index contributed by atoms with van der Waals surface area (Å²) in [6.07, 6.45) is 2.62. The lowest BCUT2D eigenvalue weighted by molar-refractivity contribution is 0.0387. The number of aryl methyl sites for hydroxylation is 1. The molecule has 5 nitrogen and oxygen atoms in total. The second-order valence-corrected chi connectivity index (χ2v) is 8.45. The summed E-state index contributed by atoms with van der Waals surface area (Å²) in [4.78, 5) is 15.1. The third-order valence-corrected chi connectivity index (χ3v) is 6.57. The number of carbonyl (C=O) groups excluding carboxylic acids is 1. The molecule has 9 heteroatoms. The van der Waals surface area contributed by atoms with Crippen LogP contribution in [0.2, 0.25) is 0 Å². The largest absolute Gasteiger partial charge is 0.497 e. The second kappa shape index (κ2) is 7.90. The number of rotatable bonds is 3. The predicted molar refractivity (Wildman–Crippen MR) is 112 cm³/mol. The summed E-state index contributed by atoms with van der Waals surface area (Å²) >= 11 is 0. The van der Waals surface area contributed by atoms with Crippen LogP contribution < -0.4 is 4.74 Å². The first-order valence-corrected chi connectivity index (χ1v) is 10.7. The SMILES string of the molecule is COc1ccc(C(=O)N2C3CCCC2c2nn(C)c(-c4cc(F)c(F)c(F)c4)c2C3)c(F)c1. The number of piperidine rings is 1. The van der Waals surface area contributed by atoms with Crippen molar-refractivity contribution in [2.45, 2.75) is 37.8 Å². The van der Waals surface area contributed by atoms with Crippen molar-refractivity contribution < 1.29 is 27.1 Å². The number of carbonyl (C=O) groups is 1. The monoisotopic (exact) mass is 459 g/mol. The molecule has 2 aromatic carbocycles. The molecule has 2 atom stereocenters. The lowest BCUT2D eigenvalue weighted by atomic mass is 9.81. The predicted octanol–water partition coefficient (Wildman–Crippen LogP) is 4.94. The molecule has 2 unspecified atom stereocenters. The molecule has 2 aliphatic rings. The van der Waals surface area contributed by atoms with Crippen molar-refractivity contribution in [3.8, 4) is 17.0 Å². The van der Waals surface area contributed by atoms with Gasteiger partial charge in [-0.2, -0.15) is 5.10 Å². The molecular formula is C24H21F4N3O2. The van der Waals surface area contributed by atoms with E-state index in [1.165, 1.54) is 30.0 Å². The number of hydrogen-bond acceptors (Lipinski definition) is 3. The third kappa shape index (κ3) is 3.37. The van der Waals surface area contributed by atoms with Gasteiger partial charge in [-0.3, -0.25) is 9.48 Å². The molecule has 5 rings (SSSR count). The Labute approximate surface area is 187 Å². The van der Waals surface area contributed by atoms with Crippen LogP contribution in [0.4, 0.5) is 17.6 Å². The number of hydrogen-bond donors (Lipinski definition) is 0. The molecule has 0 spiro atoms. The van der Waals surface area contributed by atoms with E-state index >= 15 is 0 Å². The van der Waals surface area contributed by atoms with Gasteiger partial charge in [-0.1, -0.05) is 0 Å². The van der Waals surface area contributed by atoms with Crippen molar-refractivity contribution in [3.05, 3.63) is 70.4 Å². The highest BCUT2D eigenvalue weighted by Crippen LogP contribution is 2.45. The third-order valence-electron chi connectivity index (χ3n) is 6.57. The summed E-state index contributed by atoms with van der Waals surface area (Å²) in [5.74, 6) is -4.85. The lowest BCUT2D eigenvalue weighted by Crippen LogP contribution is -2.50. The first-order valence-electron chi connectivity index (χ1n) is 10.7. The molecule has 2 aliphatic heterocycles. The molecule has 172 valence electrons. The second-order valence-electron chi connectivity index (χ2n) is 8.45. The lowest BCUT2D eigenvalue weighted by Gasteiger charge is -2.45. The van der Waals surface area contributed by atoms with Gasteiger partial charge in [-0.15, -0.1) is 0 Å². The maximum atomic E-state index is 14.7. The van der Waals surface area contributed by atoms with Crippen LogP contribution >= 0.6 is 0 Å². The van der Waals surface area contributed by atoms with E-state index in [1.54, 1.807) is 11.9 Å². The number of amides is 1. The fourth-order valence-corrected chi connectivity index (χ4v) is 5.14. The Kier molecular flexibility index (Phi) is 5.14. The van der Waals surface area contributed by atoms with Gasteiger partial charge >= 0.3 is 0 Å². The number of ether oxygens (including phenoxy) is 1. The number of halogens is 4. The van der Waals surface area contributed by atoms with Gasteiger partial charge in [0.1, 0.15) is 11.6 Å². The van der Waals surface area contributed by atoms with Crippen LogP contribution in [0.3, 0.4) is 0 Å². The van der Waals surface area contributed by atoms with E-state index in [0.29, 0.717) is 36.4 Å². The molecule has 0 N–H and O–H groups in total. The van der Waals surface area contributed by atoms with Crippen molar-refractivity contribution in [2.75, 3.05) is 7.11 Å². The van der Waals surface area contributed by atoms with Crippen molar-refractivity contribution in [3.63, 3.8) is 0 Å². The first kappa shape index (κ1) is 21.5. The Morgan fingerprint density at radius 2 is 1.79 bits per heavy atom. The zero-order valence-corrected chi connectivity index (χ0v) is 18.0. The number of methoxy groups -OCH3 is 1. The summed E-state index contributed by atoms with van der Waals surface area (Å²) < 4.78 is 62.6. The summed E-state index contributed by atoms with van der Waals surface area (Å²) in [7, 11) is 3.07. The summed E-state index contributed by atoms with van der Waals surface area (Å²) in [6, 6.07) is 5.42. The number of benzene rings is 2. The molecule has 0 aliphatic carbocycles. The maximum Gasteiger partial charge on any atom is 0.257 e. The van der Waals surface area contributed by atoms with Crippen LogP contribution in [-0.4, -0.2) is 33.7 Å². The smallest absolute Gasteiger partial charge is 0.257 e. The zero-order chi connectivity index (χ0) is 23.4. The number of aromatic nitrogens is 2. The average molecular weight is 459 g/mol. The van der Waals surface area contributed by atoms with Gasteiger partial charge in [0.2, 0.25) is 0 Å². The van der Waals surface area contributed by atoms with Gasteiger partial charge in [-0.05, 0) is 49.9 Å². The Hall–Kier alpha value is -3.36. The van der Waals surface area contributed by atoms with Gasteiger partial charge in [0.25, 0.3) is 5.91 Å². The topological polar surface area (TPSA) is 47.4 Å². The highest BCUT2D eigenvalue weighted by atomic mass is 19.2. The Morgan fingerprint density at radius 1 is 1.06 bits per heavy atom. The summed E-state index contributed by atoms with van der Waals surface area (Å²) in [5, 5.41) is 4.58. The van der Waals surface area contributed by atoms with E-state index in [4.69, 9.17) is 4.74 Å². The summed E-state index contributed by atoms with van der Waals surface area (Å²) in [6.45, 7) is 0. The molecule has 33 heavy (non-hydrogen) atoms. The fourth-order valence-electron chi connectivity index (χ4n) is 5.14. The van der Waals surface area contributed by atoms with Crippen molar-refractivity contribution in [1.29, 1.82) is 0 Å². The minimum Gasteiger partial charge on any atom is -0.497 e. The van der Waals surface area contributed by atoms with E-state index in [9.17, 15) is 22.4 Å². The first-order chi connectivity index (χ1) is 15.8. The highest BCUT2D eigenvalue weighted by molar-refractivity contribution is 5.95. The zero-order valence-electron chi connectivity index (χ0n) is 18.0. The quantitative estimate of drug-likeness (QED) is 0.412. The van der Waals surface area contributed by atoms with Crippen molar-refractivity contribution in [2.24, 2.45) is 7.05 Å². The summed E-state index contributed by atoms with van der Waals surface area (Å²) in [5.41, 5.74) is 2.02. The molecule has 1 aromatic heterocycles. The van der Waals surface area contributed by atoms with E-state index in [0.717, 1.165) is 24.1 Å². The fraction of sp³-hybridized carbons (Fsp3) is 0.333. The van der Waals surface area contributed by atoms with Gasteiger partial charge in [0, 0.05) is 30.3 Å². The average Bonchev–Trinajstić information content (AvgIpc) is 3.11. The maximum absolute atomic E-state index is 14.7. The molecule has 3 aromatic rings. The van der Waals surface area contributed by atoms with Crippen LogP contribution in [-0.2, 0) is 13.5 Å². The molecule has 0 radical (unpaired) electrons. The van der Waals surface area contributed by atoms with E-state index in [2.05, 4.69) is 5.10 Å². The van der Waals surface area contributed by atoms with E-state index in [-0.39, 0.29) is 17.2 Å². The molecule has 1 saturated heterocycles. The van der Waals surface area contributed by atoms with Crippen LogP contribution in [0.1, 0.15) is 46.9 Å². The van der Waals surface area contributed by atoms with Crippen molar-refractivity contribution >= 4 is 5.91 Å². The minimum absolute atomic E-state index is 0.0463. The van der Waals surface area contributed by atoms with Gasteiger partial charge in [0.15, 0.2) is 17.5 Å². The Morgan fingerprint density at radius 3 is 2.45 bits per heavy atom. The van der Waals surface area contributed by atoms with Crippen LogP contribution in [0.15, 0.2) is 30.3 Å². The Balaban J connectivity index is 1.58. The minimum atomic E-state index is -1.52. The van der Waals surface area contributed by atoms with Gasteiger partial charge < -0.3 is 9.64 Å². The molecular weight excluding hydrogens is 438 g/mol. The standard InChI is InChI=1S/C24H21F4N3O2/c1-30-23(12-8-18(26)21(28)19(27)9-12)16-10-13-4-3-5-20(22(16)29-30)31(13)24(32)15-7-6-14(33-2)11-17(15)25/h6-9,11,13,20H,3-5,10H2,1-2H3. The Bertz CT molecular complexity index is 1250. The van der Waals surface area contributed by atoms with Crippen LogP contribution in [0.25, 0.3) is 11.3 Å². The van der Waals surface area contributed by atoms with Gasteiger partial charge in [-0.25, -0.2) is 17.6 Å². The normalized spacial score (nSPS) is 19.4. The number of nitrogens with zero attached hydrogens (tertiary/aromatic N) is 3. The van der Waals surface area contributed by atoms with Crippen LogP contribution in [0.5, 0.6) is 5.75 Å². The highest BCUT2D eigenvalue weighted by Gasteiger charge is 2.44. The molecule has 1 fully saturated rings. The van der Waals surface area contributed by atoms with Crippen LogP contribution in [0, 0.1) is 23.3 Å². The molecule has 1 amide bonds. The molecule has 3 heterocycles. The van der Waals surface area contributed by atoms with Gasteiger partial charge in [0.05, 0.1) is 30.1 Å². The van der Waals surface area contributed by atoms with Crippen molar-refractivity contribution in [1.82, 2.24) is 14.7 Å². The molecule has 2 bridgehead atoms.